The number of rotatable bonds is 4. The number of hydrogen-bond donors (Lipinski definition) is 1. The summed E-state index contributed by atoms with van der Waals surface area (Å²) < 4.78 is 10.2. The Morgan fingerprint density at radius 1 is 1.38 bits per heavy atom. The Morgan fingerprint density at radius 3 is 2.88 bits per heavy atom. The first kappa shape index (κ1) is 10.6. The summed E-state index contributed by atoms with van der Waals surface area (Å²) in [6.07, 6.45) is 0.497. The molecule has 0 saturated carbocycles. The molecule has 0 aliphatic rings. The summed E-state index contributed by atoms with van der Waals surface area (Å²) in [5, 5.41) is 12.4. The molecule has 5 heteroatoms. The van der Waals surface area contributed by atoms with Gasteiger partial charge in [-0.25, -0.2) is 0 Å². The summed E-state index contributed by atoms with van der Waals surface area (Å²) in [6, 6.07) is 7.62. The molecule has 1 aromatic heterocycles. The average molecular weight is 220 g/mol. The van der Waals surface area contributed by atoms with Crippen LogP contribution in [0.5, 0.6) is 5.75 Å². The van der Waals surface area contributed by atoms with E-state index in [2.05, 4.69) is 10.1 Å². The molecule has 2 aromatic rings. The van der Waals surface area contributed by atoms with Gasteiger partial charge in [0.1, 0.15) is 12.4 Å². The van der Waals surface area contributed by atoms with Crippen molar-refractivity contribution in [1.82, 2.24) is 10.1 Å². The third kappa shape index (κ3) is 2.20. The summed E-state index contributed by atoms with van der Waals surface area (Å²) in [5.74, 6) is 1.55. The lowest BCUT2D eigenvalue weighted by Crippen LogP contribution is -1.94. The van der Waals surface area contributed by atoms with Crippen molar-refractivity contribution in [2.75, 3.05) is 7.11 Å². The Balaban J connectivity index is 2.19. The van der Waals surface area contributed by atoms with E-state index in [0.29, 0.717) is 18.1 Å². The molecule has 2 rings (SSSR count). The number of ether oxygens (including phenoxy) is 1. The smallest absolute Gasteiger partial charge is 0.231 e. The van der Waals surface area contributed by atoms with Gasteiger partial charge >= 0.3 is 0 Å². The predicted molar refractivity (Wildman–Crippen MR) is 56.0 cm³/mol. The maximum atomic E-state index is 8.81. The van der Waals surface area contributed by atoms with Crippen molar-refractivity contribution in [3.63, 3.8) is 0 Å². The number of hydrogen-bond acceptors (Lipinski definition) is 5. The zero-order valence-corrected chi connectivity index (χ0v) is 8.88. The van der Waals surface area contributed by atoms with E-state index in [0.717, 1.165) is 11.3 Å². The van der Waals surface area contributed by atoms with Crippen molar-refractivity contribution in [2.24, 2.45) is 0 Å². The maximum Gasteiger partial charge on any atom is 0.231 e. The fraction of sp³-hybridized carbons (Fsp3) is 0.273. The molecule has 0 spiro atoms. The number of nitrogens with zero attached hydrogens (tertiary/aromatic N) is 2. The van der Waals surface area contributed by atoms with E-state index in [1.165, 1.54) is 0 Å². The van der Waals surface area contributed by atoms with Gasteiger partial charge in [0.2, 0.25) is 5.89 Å². The molecule has 0 radical (unpaired) electrons. The van der Waals surface area contributed by atoms with E-state index in [9.17, 15) is 0 Å². The van der Waals surface area contributed by atoms with Gasteiger partial charge in [0.05, 0.1) is 13.5 Å². The number of aromatic nitrogens is 2. The molecule has 0 fully saturated rings. The van der Waals surface area contributed by atoms with Crippen LogP contribution >= 0.6 is 0 Å². The Hall–Kier alpha value is -1.88. The van der Waals surface area contributed by atoms with Crippen LogP contribution in [0.3, 0.4) is 0 Å². The van der Waals surface area contributed by atoms with Crippen LogP contribution in [0.4, 0.5) is 0 Å². The topological polar surface area (TPSA) is 68.4 Å². The Bertz CT molecular complexity index is 468. The van der Waals surface area contributed by atoms with Crippen LogP contribution in [0.25, 0.3) is 0 Å². The molecular formula is C11H12N2O3. The van der Waals surface area contributed by atoms with Gasteiger partial charge in [-0.2, -0.15) is 4.98 Å². The van der Waals surface area contributed by atoms with Crippen LogP contribution in [0.2, 0.25) is 0 Å². The Morgan fingerprint density at radius 2 is 2.19 bits per heavy atom. The summed E-state index contributed by atoms with van der Waals surface area (Å²) >= 11 is 0. The zero-order valence-electron chi connectivity index (χ0n) is 8.88. The highest BCUT2D eigenvalue weighted by Crippen LogP contribution is 2.20. The molecule has 0 aliphatic heterocycles. The normalized spacial score (nSPS) is 10.4. The lowest BCUT2D eigenvalue weighted by atomic mass is 10.1. The van der Waals surface area contributed by atoms with Crippen molar-refractivity contribution in [3.8, 4) is 5.75 Å². The summed E-state index contributed by atoms with van der Waals surface area (Å²) in [5.41, 5.74) is 0.970. The number of benzene rings is 1. The van der Waals surface area contributed by atoms with E-state index < -0.39 is 0 Å². The first-order chi connectivity index (χ1) is 7.83. The molecule has 1 aromatic carbocycles. The number of para-hydroxylation sites is 1. The van der Waals surface area contributed by atoms with E-state index in [1.807, 2.05) is 24.3 Å². The second kappa shape index (κ2) is 4.76. The standard InChI is InChI=1S/C11H12N2O3/c1-15-9-5-3-2-4-8(9)6-11-12-10(7-14)13-16-11/h2-5,14H,6-7H2,1H3. The largest absolute Gasteiger partial charge is 0.496 e. The predicted octanol–water partition coefficient (Wildman–Crippen LogP) is 1.16. The molecule has 0 atom stereocenters. The van der Waals surface area contributed by atoms with Crippen LogP contribution < -0.4 is 4.74 Å². The number of aliphatic hydroxyl groups excluding tert-OH is 1. The fourth-order valence-electron chi connectivity index (χ4n) is 1.44. The average Bonchev–Trinajstić information content (AvgIpc) is 2.77. The van der Waals surface area contributed by atoms with E-state index >= 15 is 0 Å². The highest BCUT2D eigenvalue weighted by atomic mass is 16.5. The van der Waals surface area contributed by atoms with Gasteiger partial charge in [-0.3, -0.25) is 0 Å². The van der Waals surface area contributed by atoms with Gasteiger partial charge in [-0.15, -0.1) is 0 Å². The molecular weight excluding hydrogens is 208 g/mol. The Labute approximate surface area is 92.7 Å². The highest BCUT2D eigenvalue weighted by Gasteiger charge is 2.09. The van der Waals surface area contributed by atoms with Gasteiger partial charge < -0.3 is 14.4 Å². The van der Waals surface area contributed by atoms with Gasteiger partial charge in [0.25, 0.3) is 0 Å². The zero-order chi connectivity index (χ0) is 11.4. The molecule has 0 amide bonds. The SMILES string of the molecule is COc1ccccc1Cc1nc(CO)no1. The van der Waals surface area contributed by atoms with Gasteiger partial charge in [-0.05, 0) is 6.07 Å². The second-order valence-electron chi connectivity index (χ2n) is 3.25. The molecule has 1 heterocycles. The van der Waals surface area contributed by atoms with Crippen molar-refractivity contribution in [2.45, 2.75) is 13.0 Å². The van der Waals surface area contributed by atoms with Crippen molar-refractivity contribution in [1.29, 1.82) is 0 Å². The lowest BCUT2D eigenvalue weighted by molar-refractivity contribution is 0.263. The minimum absolute atomic E-state index is 0.213. The number of methoxy groups -OCH3 is 1. The van der Waals surface area contributed by atoms with Crippen molar-refractivity contribution >= 4 is 0 Å². The molecule has 16 heavy (non-hydrogen) atoms. The summed E-state index contributed by atoms with van der Waals surface area (Å²) in [4.78, 5) is 4.02. The van der Waals surface area contributed by atoms with Crippen LogP contribution in [0.15, 0.2) is 28.8 Å². The minimum Gasteiger partial charge on any atom is -0.496 e. The molecule has 1 N–H and O–H groups in total. The van der Waals surface area contributed by atoms with Gasteiger partial charge in [0, 0.05) is 5.56 Å². The second-order valence-corrected chi connectivity index (χ2v) is 3.25. The summed E-state index contributed by atoms with van der Waals surface area (Å²) in [6.45, 7) is -0.213. The molecule has 0 unspecified atom stereocenters. The molecule has 0 bridgehead atoms. The van der Waals surface area contributed by atoms with Gasteiger partial charge in [0.15, 0.2) is 5.82 Å². The highest BCUT2D eigenvalue weighted by molar-refractivity contribution is 5.34. The lowest BCUT2D eigenvalue weighted by Gasteiger charge is -2.04. The third-order valence-electron chi connectivity index (χ3n) is 2.19. The Kier molecular flexibility index (Phi) is 3.16. The van der Waals surface area contributed by atoms with Gasteiger partial charge in [-0.1, -0.05) is 23.4 Å². The van der Waals surface area contributed by atoms with Crippen molar-refractivity contribution in [3.05, 3.63) is 41.5 Å². The van der Waals surface area contributed by atoms with Crippen LogP contribution in [-0.4, -0.2) is 22.4 Å². The fourth-order valence-corrected chi connectivity index (χ4v) is 1.44. The molecule has 0 aliphatic carbocycles. The van der Waals surface area contributed by atoms with E-state index in [4.69, 9.17) is 14.4 Å². The quantitative estimate of drug-likeness (QED) is 0.837. The van der Waals surface area contributed by atoms with Crippen LogP contribution in [0.1, 0.15) is 17.3 Å². The first-order valence-electron chi connectivity index (χ1n) is 4.87. The minimum atomic E-state index is -0.213. The number of aliphatic hydroxyl groups is 1. The molecule has 84 valence electrons. The monoisotopic (exact) mass is 220 g/mol. The summed E-state index contributed by atoms with van der Waals surface area (Å²) in [7, 11) is 1.62. The van der Waals surface area contributed by atoms with Crippen molar-refractivity contribution < 1.29 is 14.4 Å². The van der Waals surface area contributed by atoms with Crippen LogP contribution in [-0.2, 0) is 13.0 Å². The van der Waals surface area contributed by atoms with E-state index in [-0.39, 0.29) is 6.61 Å². The third-order valence-corrected chi connectivity index (χ3v) is 2.19. The first-order valence-corrected chi connectivity index (χ1v) is 4.87. The van der Waals surface area contributed by atoms with E-state index in [1.54, 1.807) is 7.11 Å². The van der Waals surface area contributed by atoms with Crippen LogP contribution in [0, 0.1) is 0 Å². The molecule has 0 saturated heterocycles. The molecule has 5 nitrogen and oxygen atoms in total. The maximum absolute atomic E-state index is 8.81.